The third kappa shape index (κ3) is 3.82. The molecule has 0 unspecified atom stereocenters. The standard InChI is InChI=1S/C21H30F2O/c1-2-3-15-4-6-16(7-5-15)17-10-12-21(24,13-11-17)19-14-18(22)8-9-20(19)23/h8-9,14-17,24H,2-7,10-13H2,1H3. The quantitative estimate of drug-likeness (QED) is 0.720. The molecule has 2 saturated carbocycles. The monoisotopic (exact) mass is 336 g/mol. The molecule has 0 aromatic heterocycles. The van der Waals surface area contributed by atoms with Gasteiger partial charge < -0.3 is 5.11 Å². The van der Waals surface area contributed by atoms with E-state index in [4.69, 9.17) is 0 Å². The van der Waals surface area contributed by atoms with Gasteiger partial charge in [0.05, 0.1) is 5.60 Å². The lowest BCUT2D eigenvalue weighted by atomic mass is 9.66. The molecule has 24 heavy (non-hydrogen) atoms. The van der Waals surface area contributed by atoms with Crippen molar-refractivity contribution in [3.63, 3.8) is 0 Å². The van der Waals surface area contributed by atoms with Gasteiger partial charge in [0.25, 0.3) is 0 Å². The molecule has 0 aliphatic heterocycles. The van der Waals surface area contributed by atoms with Crippen LogP contribution in [0.3, 0.4) is 0 Å². The molecular weight excluding hydrogens is 306 g/mol. The summed E-state index contributed by atoms with van der Waals surface area (Å²) >= 11 is 0. The number of aliphatic hydroxyl groups is 1. The van der Waals surface area contributed by atoms with E-state index >= 15 is 0 Å². The fourth-order valence-corrected chi connectivity index (χ4v) is 5.07. The molecule has 2 aliphatic rings. The number of rotatable bonds is 4. The highest BCUT2D eigenvalue weighted by molar-refractivity contribution is 5.26. The Kier molecular flexibility index (Phi) is 5.59. The van der Waals surface area contributed by atoms with Crippen molar-refractivity contribution in [2.45, 2.75) is 76.7 Å². The van der Waals surface area contributed by atoms with Gasteiger partial charge in [0, 0.05) is 5.56 Å². The van der Waals surface area contributed by atoms with Crippen molar-refractivity contribution in [1.29, 1.82) is 0 Å². The lowest BCUT2D eigenvalue weighted by molar-refractivity contribution is -0.0288. The van der Waals surface area contributed by atoms with E-state index in [2.05, 4.69) is 6.92 Å². The predicted octanol–water partition coefficient (Wildman–Crippen LogP) is 5.95. The number of halogens is 2. The van der Waals surface area contributed by atoms with Gasteiger partial charge in [0.2, 0.25) is 0 Å². The first-order valence-corrected chi connectivity index (χ1v) is 9.69. The van der Waals surface area contributed by atoms with E-state index < -0.39 is 17.2 Å². The summed E-state index contributed by atoms with van der Waals surface area (Å²) in [5.74, 6) is 1.35. The van der Waals surface area contributed by atoms with Gasteiger partial charge in [-0.1, -0.05) is 32.6 Å². The summed E-state index contributed by atoms with van der Waals surface area (Å²) in [6, 6.07) is 3.41. The molecule has 2 fully saturated rings. The number of hydrogen-bond acceptors (Lipinski definition) is 1. The number of hydrogen-bond donors (Lipinski definition) is 1. The molecule has 0 spiro atoms. The highest BCUT2D eigenvalue weighted by Crippen LogP contribution is 2.46. The Morgan fingerprint density at radius 1 is 1.00 bits per heavy atom. The first-order chi connectivity index (χ1) is 11.5. The average Bonchev–Trinajstić information content (AvgIpc) is 2.59. The molecule has 1 N–H and O–H groups in total. The van der Waals surface area contributed by atoms with E-state index in [1.165, 1.54) is 44.6 Å². The number of benzene rings is 1. The zero-order valence-corrected chi connectivity index (χ0v) is 14.7. The molecular formula is C21H30F2O. The van der Waals surface area contributed by atoms with Crippen LogP contribution in [-0.2, 0) is 5.60 Å². The van der Waals surface area contributed by atoms with Crippen molar-refractivity contribution < 1.29 is 13.9 Å². The average molecular weight is 336 g/mol. The normalized spacial score (nSPS) is 34.2. The molecule has 0 atom stereocenters. The van der Waals surface area contributed by atoms with Gasteiger partial charge in [-0.3, -0.25) is 0 Å². The molecule has 3 heteroatoms. The van der Waals surface area contributed by atoms with Crippen LogP contribution in [0.25, 0.3) is 0 Å². The van der Waals surface area contributed by atoms with Crippen LogP contribution < -0.4 is 0 Å². The minimum absolute atomic E-state index is 0.146. The van der Waals surface area contributed by atoms with Crippen LogP contribution in [0.2, 0.25) is 0 Å². The zero-order chi connectivity index (χ0) is 17.2. The summed E-state index contributed by atoms with van der Waals surface area (Å²) in [7, 11) is 0. The maximum absolute atomic E-state index is 14.0. The molecule has 1 aromatic rings. The highest BCUT2D eigenvalue weighted by Gasteiger charge is 2.39. The second-order valence-corrected chi connectivity index (χ2v) is 8.06. The van der Waals surface area contributed by atoms with Crippen LogP contribution in [0.1, 0.15) is 76.7 Å². The summed E-state index contributed by atoms with van der Waals surface area (Å²) < 4.78 is 27.5. The van der Waals surface area contributed by atoms with Gasteiger partial charge in [-0.2, -0.15) is 0 Å². The summed E-state index contributed by atoms with van der Waals surface area (Å²) in [5.41, 5.74) is -1.05. The molecule has 0 bridgehead atoms. The van der Waals surface area contributed by atoms with Crippen molar-refractivity contribution in [1.82, 2.24) is 0 Å². The molecule has 3 rings (SSSR count). The largest absolute Gasteiger partial charge is 0.385 e. The van der Waals surface area contributed by atoms with Gasteiger partial charge >= 0.3 is 0 Å². The summed E-state index contributed by atoms with van der Waals surface area (Å²) in [6.07, 6.45) is 10.9. The Labute approximate surface area is 144 Å². The van der Waals surface area contributed by atoms with Crippen molar-refractivity contribution >= 4 is 0 Å². The van der Waals surface area contributed by atoms with Gasteiger partial charge in [-0.15, -0.1) is 0 Å². The van der Waals surface area contributed by atoms with Crippen molar-refractivity contribution in [2.24, 2.45) is 17.8 Å². The minimum atomic E-state index is -1.19. The molecule has 0 heterocycles. The van der Waals surface area contributed by atoms with Gasteiger partial charge in [0.15, 0.2) is 0 Å². The van der Waals surface area contributed by atoms with E-state index in [-0.39, 0.29) is 5.56 Å². The van der Waals surface area contributed by atoms with E-state index in [0.717, 1.165) is 36.8 Å². The van der Waals surface area contributed by atoms with E-state index in [0.29, 0.717) is 18.8 Å². The minimum Gasteiger partial charge on any atom is -0.385 e. The molecule has 1 nitrogen and oxygen atoms in total. The lowest BCUT2D eigenvalue weighted by Crippen LogP contribution is -2.35. The summed E-state index contributed by atoms with van der Waals surface area (Å²) in [5, 5.41) is 10.9. The summed E-state index contributed by atoms with van der Waals surface area (Å²) in [4.78, 5) is 0. The van der Waals surface area contributed by atoms with Crippen molar-refractivity contribution in [2.75, 3.05) is 0 Å². The fourth-order valence-electron chi connectivity index (χ4n) is 5.07. The molecule has 0 radical (unpaired) electrons. The van der Waals surface area contributed by atoms with E-state index in [1.54, 1.807) is 0 Å². The third-order valence-corrected chi connectivity index (χ3v) is 6.54. The molecule has 2 aliphatic carbocycles. The SMILES string of the molecule is CCCC1CCC(C2CCC(O)(c3cc(F)ccc3F)CC2)CC1. The topological polar surface area (TPSA) is 20.2 Å². The highest BCUT2D eigenvalue weighted by atomic mass is 19.1. The van der Waals surface area contributed by atoms with E-state index in [9.17, 15) is 13.9 Å². The maximum Gasteiger partial charge on any atom is 0.129 e. The molecule has 1 aromatic carbocycles. The van der Waals surface area contributed by atoms with E-state index in [1.807, 2.05) is 0 Å². The first-order valence-electron chi connectivity index (χ1n) is 9.69. The predicted molar refractivity (Wildman–Crippen MR) is 92.6 cm³/mol. The van der Waals surface area contributed by atoms with Crippen LogP contribution in [0.4, 0.5) is 8.78 Å². The fraction of sp³-hybridized carbons (Fsp3) is 0.714. The Balaban J connectivity index is 1.58. The second-order valence-electron chi connectivity index (χ2n) is 8.06. The van der Waals surface area contributed by atoms with Crippen LogP contribution >= 0.6 is 0 Å². The molecule has 0 amide bonds. The van der Waals surface area contributed by atoms with Gasteiger partial charge in [-0.05, 0) is 74.5 Å². The van der Waals surface area contributed by atoms with Crippen molar-refractivity contribution in [3.8, 4) is 0 Å². The molecule has 134 valence electrons. The second kappa shape index (κ2) is 7.51. The Morgan fingerprint density at radius 3 is 2.25 bits per heavy atom. The Bertz CT molecular complexity index is 541. The van der Waals surface area contributed by atoms with Crippen molar-refractivity contribution in [3.05, 3.63) is 35.4 Å². The first kappa shape index (κ1) is 17.8. The van der Waals surface area contributed by atoms with Crippen LogP contribution in [0.5, 0.6) is 0 Å². The summed E-state index contributed by atoms with van der Waals surface area (Å²) in [6.45, 7) is 2.26. The van der Waals surface area contributed by atoms with Crippen LogP contribution in [0, 0.1) is 29.4 Å². The maximum atomic E-state index is 14.0. The lowest BCUT2D eigenvalue weighted by Gasteiger charge is -2.41. The van der Waals surface area contributed by atoms with Crippen LogP contribution in [-0.4, -0.2) is 5.11 Å². The third-order valence-electron chi connectivity index (χ3n) is 6.54. The van der Waals surface area contributed by atoms with Gasteiger partial charge in [-0.25, -0.2) is 8.78 Å². The Morgan fingerprint density at radius 2 is 1.62 bits per heavy atom. The molecule has 0 saturated heterocycles. The van der Waals surface area contributed by atoms with Crippen LogP contribution in [0.15, 0.2) is 18.2 Å². The Hall–Kier alpha value is -0.960. The van der Waals surface area contributed by atoms with Gasteiger partial charge in [0.1, 0.15) is 11.6 Å². The smallest absolute Gasteiger partial charge is 0.129 e. The zero-order valence-electron chi connectivity index (χ0n) is 14.7.